The number of rotatable bonds is 2. The molecule has 1 aliphatic carbocycles. The van der Waals surface area contributed by atoms with Crippen molar-refractivity contribution in [3.05, 3.63) is 33.9 Å². The highest BCUT2D eigenvalue weighted by molar-refractivity contribution is 6.12. The Morgan fingerprint density at radius 1 is 1.22 bits per heavy atom. The molecule has 1 saturated heterocycles. The lowest BCUT2D eigenvalue weighted by Crippen LogP contribution is -2.51. The summed E-state index contributed by atoms with van der Waals surface area (Å²) in [6.45, 7) is 0.578. The number of carboxylic acid groups (broad SMARTS) is 1. The zero-order valence-corrected chi connectivity index (χ0v) is 14.5. The van der Waals surface area contributed by atoms with Crippen molar-refractivity contribution in [2.45, 2.75) is 44.2 Å². The minimum atomic E-state index is -1.34. The molecule has 7 nitrogen and oxygen atoms in total. The molecule has 2 aromatic rings. The summed E-state index contributed by atoms with van der Waals surface area (Å²) < 4.78 is 16.8. The first kappa shape index (κ1) is 16.3. The van der Waals surface area contributed by atoms with E-state index in [-0.39, 0.29) is 28.6 Å². The Labute approximate surface area is 153 Å². The maximum absolute atomic E-state index is 15.1. The molecule has 1 saturated carbocycles. The van der Waals surface area contributed by atoms with Crippen LogP contribution >= 0.6 is 0 Å². The molecule has 3 heterocycles. The van der Waals surface area contributed by atoms with Gasteiger partial charge in [0.1, 0.15) is 17.4 Å². The van der Waals surface area contributed by atoms with Gasteiger partial charge in [-0.3, -0.25) is 9.59 Å². The highest BCUT2D eigenvalue weighted by Crippen LogP contribution is 2.45. The molecule has 27 heavy (non-hydrogen) atoms. The molecule has 2 fully saturated rings. The van der Waals surface area contributed by atoms with Crippen LogP contribution in [0.2, 0.25) is 0 Å². The lowest BCUT2D eigenvalue weighted by atomic mass is 9.96. The summed E-state index contributed by atoms with van der Waals surface area (Å²) in [5, 5.41) is 12.2. The molecule has 5 rings (SSSR count). The van der Waals surface area contributed by atoms with Gasteiger partial charge in [0.2, 0.25) is 11.3 Å². The molecular formula is C19H18FN3O4. The summed E-state index contributed by atoms with van der Waals surface area (Å²) in [4.78, 5) is 38.6. The SMILES string of the molecule is O=C(O)c1cn(C2CC2)c2c3c(c(F)cc2c1=O)N1CCCC[C@@H]1C(=O)N3. The number of hydrogen-bond acceptors (Lipinski definition) is 4. The van der Waals surface area contributed by atoms with Crippen LogP contribution in [0, 0.1) is 5.82 Å². The van der Waals surface area contributed by atoms with Gasteiger partial charge in [-0.15, -0.1) is 0 Å². The van der Waals surface area contributed by atoms with Gasteiger partial charge < -0.3 is 19.9 Å². The van der Waals surface area contributed by atoms with Crippen molar-refractivity contribution in [2.24, 2.45) is 0 Å². The number of piperidine rings is 1. The third-order valence-electron chi connectivity index (χ3n) is 5.75. The van der Waals surface area contributed by atoms with E-state index in [0.29, 0.717) is 24.2 Å². The van der Waals surface area contributed by atoms with E-state index in [1.54, 1.807) is 9.47 Å². The highest BCUT2D eigenvalue weighted by atomic mass is 19.1. The van der Waals surface area contributed by atoms with Crippen LogP contribution < -0.4 is 15.6 Å². The van der Waals surface area contributed by atoms with Crippen LogP contribution in [0.25, 0.3) is 10.9 Å². The number of aromatic nitrogens is 1. The van der Waals surface area contributed by atoms with Crippen LogP contribution in [-0.4, -0.2) is 34.1 Å². The molecule has 1 amide bonds. The van der Waals surface area contributed by atoms with Crippen LogP contribution in [0.15, 0.2) is 17.1 Å². The standard InChI is InChI=1S/C19H18FN3O4/c20-12-7-10-15(23(9-4-5-9)8-11(17(10)24)19(26)27)14-16(12)22-6-2-1-3-13(22)18(25)21-14/h7-9,13H,1-6H2,(H,21,25)(H,26,27)/t13-/m1/s1. The van der Waals surface area contributed by atoms with E-state index in [1.165, 1.54) is 6.20 Å². The molecule has 1 aromatic carbocycles. The molecular weight excluding hydrogens is 353 g/mol. The zero-order valence-electron chi connectivity index (χ0n) is 14.5. The van der Waals surface area contributed by atoms with Gasteiger partial charge in [-0.2, -0.15) is 0 Å². The fraction of sp³-hybridized carbons (Fsp3) is 0.421. The number of carbonyl (C=O) groups is 2. The van der Waals surface area contributed by atoms with Crippen LogP contribution in [-0.2, 0) is 4.79 Å². The lowest BCUT2D eigenvalue weighted by Gasteiger charge is -2.41. The summed E-state index contributed by atoms with van der Waals surface area (Å²) in [7, 11) is 0. The molecule has 0 unspecified atom stereocenters. The van der Waals surface area contributed by atoms with Gasteiger partial charge in [0.05, 0.1) is 22.3 Å². The maximum atomic E-state index is 15.1. The van der Waals surface area contributed by atoms with Gasteiger partial charge in [0.15, 0.2) is 0 Å². The number of benzene rings is 1. The Morgan fingerprint density at radius 3 is 2.70 bits per heavy atom. The predicted molar refractivity (Wildman–Crippen MR) is 97.0 cm³/mol. The van der Waals surface area contributed by atoms with E-state index in [4.69, 9.17) is 0 Å². The molecule has 8 heteroatoms. The third-order valence-corrected chi connectivity index (χ3v) is 5.75. The van der Waals surface area contributed by atoms with Crippen LogP contribution in [0.5, 0.6) is 0 Å². The van der Waals surface area contributed by atoms with Crippen molar-refractivity contribution < 1.29 is 19.1 Å². The first-order valence-corrected chi connectivity index (χ1v) is 9.19. The van der Waals surface area contributed by atoms with Gasteiger partial charge in [-0.05, 0) is 38.2 Å². The second-order valence-corrected chi connectivity index (χ2v) is 7.49. The molecule has 0 bridgehead atoms. The minimum Gasteiger partial charge on any atom is -0.477 e. The number of anilines is 2. The number of fused-ring (bicyclic) bond motifs is 5. The van der Waals surface area contributed by atoms with Gasteiger partial charge in [-0.25, -0.2) is 9.18 Å². The predicted octanol–water partition coefficient (Wildman–Crippen LogP) is 2.48. The second kappa shape index (κ2) is 5.55. The fourth-order valence-electron chi connectivity index (χ4n) is 4.35. The van der Waals surface area contributed by atoms with Gasteiger partial charge in [0.25, 0.3) is 0 Å². The minimum absolute atomic E-state index is 0.00573. The monoisotopic (exact) mass is 371 g/mol. The number of carboxylic acids is 1. The number of nitrogens with zero attached hydrogens (tertiary/aromatic N) is 2. The maximum Gasteiger partial charge on any atom is 0.341 e. The largest absolute Gasteiger partial charge is 0.477 e. The first-order chi connectivity index (χ1) is 13.0. The Kier molecular flexibility index (Phi) is 3.35. The van der Waals surface area contributed by atoms with Crippen molar-refractivity contribution in [3.63, 3.8) is 0 Å². The topological polar surface area (TPSA) is 91.6 Å². The molecule has 0 spiro atoms. The van der Waals surface area contributed by atoms with E-state index in [9.17, 15) is 19.5 Å². The average Bonchev–Trinajstić information content (AvgIpc) is 3.47. The van der Waals surface area contributed by atoms with E-state index in [2.05, 4.69) is 5.32 Å². The molecule has 2 N–H and O–H groups in total. The van der Waals surface area contributed by atoms with Crippen molar-refractivity contribution in [2.75, 3.05) is 16.8 Å². The van der Waals surface area contributed by atoms with Gasteiger partial charge in [0, 0.05) is 18.8 Å². The average molecular weight is 371 g/mol. The van der Waals surface area contributed by atoms with Crippen LogP contribution in [0.4, 0.5) is 15.8 Å². The molecule has 2 aliphatic heterocycles. The number of nitrogens with one attached hydrogen (secondary N) is 1. The van der Waals surface area contributed by atoms with E-state index >= 15 is 4.39 Å². The summed E-state index contributed by atoms with van der Waals surface area (Å²) in [5.74, 6) is -2.15. The number of pyridine rings is 1. The summed E-state index contributed by atoms with van der Waals surface area (Å²) in [5.41, 5.74) is -0.100. The van der Waals surface area contributed by atoms with E-state index < -0.39 is 23.3 Å². The Balaban J connectivity index is 1.87. The van der Waals surface area contributed by atoms with Crippen molar-refractivity contribution in [1.82, 2.24) is 4.57 Å². The molecule has 140 valence electrons. The number of amides is 1. The normalized spacial score (nSPS) is 21.6. The first-order valence-electron chi connectivity index (χ1n) is 9.19. The van der Waals surface area contributed by atoms with Gasteiger partial charge >= 0.3 is 5.97 Å². The highest BCUT2D eigenvalue weighted by Gasteiger charge is 2.39. The van der Waals surface area contributed by atoms with Gasteiger partial charge in [-0.1, -0.05) is 0 Å². The van der Waals surface area contributed by atoms with E-state index in [1.807, 2.05) is 0 Å². The number of carbonyl (C=O) groups excluding carboxylic acids is 1. The van der Waals surface area contributed by atoms with Crippen molar-refractivity contribution >= 4 is 34.2 Å². The smallest absolute Gasteiger partial charge is 0.341 e. The lowest BCUT2D eigenvalue weighted by molar-refractivity contribution is -0.118. The molecule has 1 atom stereocenters. The molecule has 1 aromatic heterocycles. The fourth-order valence-corrected chi connectivity index (χ4v) is 4.35. The van der Waals surface area contributed by atoms with Crippen LogP contribution in [0.1, 0.15) is 48.5 Å². The molecule has 3 aliphatic rings. The number of aromatic carboxylic acids is 1. The van der Waals surface area contributed by atoms with Crippen molar-refractivity contribution in [1.29, 1.82) is 0 Å². The summed E-state index contributed by atoms with van der Waals surface area (Å²) in [6, 6.07) is 0.777. The molecule has 0 radical (unpaired) electrons. The third kappa shape index (κ3) is 2.28. The number of hydrogen-bond donors (Lipinski definition) is 2. The van der Waals surface area contributed by atoms with Crippen molar-refractivity contribution in [3.8, 4) is 0 Å². The van der Waals surface area contributed by atoms with E-state index in [0.717, 1.165) is 31.7 Å². The summed E-state index contributed by atoms with van der Waals surface area (Å²) >= 11 is 0. The second-order valence-electron chi connectivity index (χ2n) is 7.49. The summed E-state index contributed by atoms with van der Waals surface area (Å²) in [6.07, 6.45) is 5.47. The zero-order chi connectivity index (χ0) is 18.9. The number of halogens is 1. The quantitative estimate of drug-likeness (QED) is 0.846. The Morgan fingerprint density at radius 2 is 2.00 bits per heavy atom. The Hall–Kier alpha value is -2.90. The Bertz CT molecular complexity index is 1070. The van der Waals surface area contributed by atoms with Crippen LogP contribution in [0.3, 0.4) is 0 Å².